The van der Waals surface area contributed by atoms with Crippen LogP contribution in [0.5, 0.6) is 0 Å². The number of nitrogens with one attached hydrogen (secondary N) is 1. The number of hydrogen-bond acceptors (Lipinski definition) is 3. The summed E-state index contributed by atoms with van der Waals surface area (Å²) in [6.07, 6.45) is 4.55. The molecule has 0 radical (unpaired) electrons. The minimum Gasteiger partial charge on any atom is -0.472 e. The second-order valence-electron chi connectivity index (χ2n) is 3.91. The van der Waals surface area contributed by atoms with Gasteiger partial charge in [-0.15, -0.1) is 11.3 Å². The topological polar surface area (TPSA) is 25.2 Å². The third-order valence-corrected chi connectivity index (χ3v) is 3.82. The fourth-order valence-corrected chi connectivity index (χ4v) is 2.89. The highest BCUT2D eigenvalue weighted by molar-refractivity contribution is 7.10. The van der Waals surface area contributed by atoms with Crippen LogP contribution in [0.25, 0.3) is 0 Å². The smallest absolute Gasteiger partial charge is 0.0935 e. The Kier molecular flexibility index (Phi) is 3.80. The maximum Gasteiger partial charge on any atom is 0.0935 e. The van der Waals surface area contributed by atoms with Crippen molar-refractivity contribution in [3.05, 3.63) is 46.0 Å². The summed E-state index contributed by atoms with van der Waals surface area (Å²) in [5, 5.41) is 5.69. The van der Waals surface area contributed by atoms with Gasteiger partial charge in [0, 0.05) is 10.9 Å². The molecular formula is C13H17NOS. The molecule has 2 nitrogen and oxygen atoms in total. The SMILES string of the molecule is CCNC(Cc1ccoc1)c1sccc1C. The number of furan rings is 1. The number of hydrogen-bond donors (Lipinski definition) is 1. The largest absolute Gasteiger partial charge is 0.472 e. The highest BCUT2D eigenvalue weighted by Gasteiger charge is 2.15. The van der Waals surface area contributed by atoms with Crippen LogP contribution in [-0.4, -0.2) is 6.54 Å². The van der Waals surface area contributed by atoms with E-state index in [2.05, 4.69) is 30.6 Å². The van der Waals surface area contributed by atoms with E-state index in [9.17, 15) is 0 Å². The Labute approximate surface area is 100 Å². The Morgan fingerprint density at radius 2 is 2.31 bits per heavy atom. The average Bonchev–Trinajstić information content (AvgIpc) is 2.88. The quantitative estimate of drug-likeness (QED) is 0.857. The van der Waals surface area contributed by atoms with E-state index in [0.717, 1.165) is 13.0 Å². The molecule has 86 valence electrons. The molecule has 0 saturated heterocycles. The van der Waals surface area contributed by atoms with Crippen LogP contribution < -0.4 is 5.32 Å². The van der Waals surface area contributed by atoms with Gasteiger partial charge in [0.05, 0.1) is 12.5 Å². The van der Waals surface area contributed by atoms with Gasteiger partial charge in [-0.25, -0.2) is 0 Å². The van der Waals surface area contributed by atoms with Crippen LogP contribution in [0.2, 0.25) is 0 Å². The monoisotopic (exact) mass is 235 g/mol. The zero-order chi connectivity index (χ0) is 11.4. The van der Waals surface area contributed by atoms with Crippen LogP contribution in [-0.2, 0) is 6.42 Å². The van der Waals surface area contributed by atoms with E-state index in [1.807, 2.05) is 23.7 Å². The lowest BCUT2D eigenvalue weighted by Gasteiger charge is -2.16. The van der Waals surface area contributed by atoms with Gasteiger partial charge in [0.1, 0.15) is 0 Å². The molecule has 2 aromatic heterocycles. The fraction of sp³-hybridized carbons (Fsp3) is 0.385. The standard InChI is InChI=1S/C13H17NOS/c1-3-14-12(8-11-4-6-15-9-11)13-10(2)5-7-16-13/h4-7,9,12,14H,3,8H2,1-2H3. The summed E-state index contributed by atoms with van der Waals surface area (Å²) in [5.74, 6) is 0. The first-order chi connectivity index (χ1) is 7.81. The molecule has 0 saturated carbocycles. The van der Waals surface area contributed by atoms with E-state index in [-0.39, 0.29) is 0 Å². The molecule has 0 fully saturated rings. The average molecular weight is 235 g/mol. The number of likely N-dealkylation sites (N-methyl/N-ethyl adjacent to an activating group) is 1. The van der Waals surface area contributed by atoms with Crippen molar-refractivity contribution in [2.24, 2.45) is 0 Å². The summed E-state index contributed by atoms with van der Waals surface area (Å²) in [5.41, 5.74) is 2.62. The predicted octanol–water partition coefficient (Wildman–Crippen LogP) is 3.54. The van der Waals surface area contributed by atoms with Crippen LogP contribution in [0.3, 0.4) is 0 Å². The van der Waals surface area contributed by atoms with E-state index in [1.165, 1.54) is 16.0 Å². The molecule has 1 atom stereocenters. The third kappa shape index (κ3) is 2.54. The maximum absolute atomic E-state index is 5.12. The lowest BCUT2D eigenvalue weighted by molar-refractivity contribution is 0.538. The molecule has 0 aliphatic carbocycles. The number of rotatable bonds is 5. The summed E-state index contributed by atoms with van der Waals surface area (Å²) in [7, 11) is 0. The van der Waals surface area contributed by atoms with E-state index >= 15 is 0 Å². The normalized spacial score (nSPS) is 12.9. The Morgan fingerprint density at radius 3 is 2.88 bits per heavy atom. The molecule has 2 aromatic rings. The van der Waals surface area contributed by atoms with Crippen LogP contribution in [0.15, 0.2) is 34.5 Å². The highest BCUT2D eigenvalue weighted by atomic mass is 32.1. The van der Waals surface area contributed by atoms with Gasteiger partial charge < -0.3 is 9.73 Å². The van der Waals surface area contributed by atoms with Gasteiger partial charge in [-0.1, -0.05) is 6.92 Å². The first-order valence-corrected chi connectivity index (χ1v) is 6.47. The van der Waals surface area contributed by atoms with Crippen LogP contribution >= 0.6 is 11.3 Å². The second kappa shape index (κ2) is 5.32. The summed E-state index contributed by atoms with van der Waals surface area (Å²) >= 11 is 1.83. The van der Waals surface area contributed by atoms with E-state index in [0.29, 0.717) is 6.04 Å². The van der Waals surface area contributed by atoms with Gasteiger partial charge in [-0.3, -0.25) is 0 Å². The van der Waals surface area contributed by atoms with E-state index in [4.69, 9.17) is 4.42 Å². The Balaban J connectivity index is 2.14. The molecule has 16 heavy (non-hydrogen) atoms. The third-order valence-electron chi connectivity index (χ3n) is 2.69. The van der Waals surface area contributed by atoms with E-state index < -0.39 is 0 Å². The Bertz CT molecular complexity index is 419. The van der Waals surface area contributed by atoms with Crippen molar-refractivity contribution in [3.8, 4) is 0 Å². The van der Waals surface area contributed by atoms with Crippen LogP contribution in [0.4, 0.5) is 0 Å². The minimum atomic E-state index is 0.405. The minimum absolute atomic E-state index is 0.405. The van der Waals surface area contributed by atoms with Gasteiger partial charge in [-0.2, -0.15) is 0 Å². The molecule has 0 aromatic carbocycles. The summed E-state index contributed by atoms with van der Waals surface area (Å²) in [6.45, 7) is 5.30. The molecular weight excluding hydrogens is 218 g/mol. The van der Waals surface area contributed by atoms with Gasteiger partial charge in [-0.05, 0) is 48.5 Å². The Morgan fingerprint density at radius 1 is 1.44 bits per heavy atom. The van der Waals surface area contributed by atoms with Crippen molar-refractivity contribution in [1.29, 1.82) is 0 Å². The maximum atomic E-state index is 5.12. The fourth-order valence-electron chi connectivity index (χ4n) is 1.89. The zero-order valence-corrected chi connectivity index (χ0v) is 10.5. The molecule has 2 rings (SSSR count). The van der Waals surface area contributed by atoms with Crippen LogP contribution in [0.1, 0.15) is 29.0 Å². The molecule has 1 unspecified atom stereocenters. The molecule has 2 heterocycles. The van der Waals surface area contributed by atoms with Crippen molar-refractivity contribution < 1.29 is 4.42 Å². The van der Waals surface area contributed by atoms with Crippen LogP contribution in [0, 0.1) is 6.92 Å². The molecule has 0 aliphatic rings. The molecule has 0 aliphatic heterocycles. The zero-order valence-electron chi connectivity index (χ0n) is 9.69. The second-order valence-corrected chi connectivity index (χ2v) is 4.86. The summed E-state index contributed by atoms with van der Waals surface area (Å²) in [4.78, 5) is 1.43. The van der Waals surface area contributed by atoms with Gasteiger partial charge in [0.25, 0.3) is 0 Å². The van der Waals surface area contributed by atoms with Gasteiger partial charge in [0.15, 0.2) is 0 Å². The number of thiophene rings is 1. The Hall–Kier alpha value is -1.06. The summed E-state index contributed by atoms with van der Waals surface area (Å²) in [6, 6.07) is 4.62. The first kappa shape index (κ1) is 11.4. The summed E-state index contributed by atoms with van der Waals surface area (Å²) < 4.78 is 5.12. The predicted molar refractivity (Wildman–Crippen MR) is 67.9 cm³/mol. The highest BCUT2D eigenvalue weighted by Crippen LogP contribution is 2.26. The van der Waals surface area contributed by atoms with Crippen molar-refractivity contribution in [2.75, 3.05) is 6.54 Å². The lowest BCUT2D eigenvalue weighted by Crippen LogP contribution is -2.22. The molecule has 0 spiro atoms. The number of aryl methyl sites for hydroxylation is 1. The first-order valence-electron chi connectivity index (χ1n) is 5.59. The van der Waals surface area contributed by atoms with Gasteiger partial charge >= 0.3 is 0 Å². The lowest BCUT2D eigenvalue weighted by atomic mass is 10.1. The van der Waals surface area contributed by atoms with Crippen molar-refractivity contribution >= 4 is 11.3 Å². The van der Waals surface area contributed by atoms with E-state index in [1.54, 1.807) is 6.26 Å². The van der Waals surface area contributed by atoms with Crippen molar-refractivity contribution in [3.63, 3.8) is 0 Å². The molecule has 0 amide bonds. The van der Waals surface area contributed by atoms with Gasteiger partial charge in [0.2, 0.25) is 0 Å². The van der Waals surface area contributed by atoms with Crippen molar-refractivity contribution in [1.82, 2.24) is 5.32 Å². The molecule has 3 heteroatoms. The molecule has 1 N–H and O–H groups in total. The molecule has 0 bridgehead atoms. The van der Waals surface area contributed by atoms with Crippen molar-refractivity contribution in [2.45, 2.75) is 26.3 Å².